The maximum Gasteiger partial charge on any atom is 0.274 e. The van der Waals surface area contributed by atoms with Crippen molar-refractivity contribution in [2.24, 2.45) is 0 Å². The van der Waals surface area contributed by atoms with Crippen LogP contribution in [0.15, 0.2) is 72.8 Å². The summed E-state index contributed by atoms with van der Waals surface area (Å²) in [5, 5.41) is 8.93. The lowest BCUT2D eigenvalue weighted by Crippen LogP contribution is -2.36. The number of hydrogen-bond donors (Lipinski definition) is 2. The molecule has 0 spiro atoms. The Bertz CT molecular complexity index is 1150. The average Bonchev–Trinajstić information content (AvgIpc) is 2.86. The number of amides is 2. The van der Waals surface area contributed by atoms with Gasteiger partial charge in [0.05, 0.1) is 7.11 Å². The first-order valence-electron chi connectivity index (χ1n) is 10.4. The van der Waals surface area contributed by atoms with Crippen LogP contribution in [0.4, 0.5) is 0 Å². The van der Waals surface area contributed by atoms with E-state index in [-0.39, 0.29) is 5.91 Å². The predicted molar refractivity (Wildman–Crippen MR) is 122 cm³/mol. The van der Waals surface area contributed by atoms with Crippen LogP contribution in [0.2, 0.25) is 0 Å². The fourth-order valence-corrected chi connectivity index (χ4v) is 3.86. The fourth-order valence-electron chi connectivity index (χ4n) is 3.86. The molecule has 0 fully saturated rings. The minimum Gasteiger partial charge on any atom is -0.497 e. The Morgan fingerprint density at radius 3 is 2.41 bits per heavy atom. The van der Waals surface area contributed by atoms with Crippen LogP contribution < -0.4 is 10.2 Å². The van der Waals surface area contributed by atoms with Gasteiger partial charge in [-0.15, -0.1) is 0 Å². The van der Waals surface area contributed by atoms with E-state index >= 15 is 0 Å². The number of hydroxylamine groups is 1. The molecule has 0 unspecified atom stereocenters. The van der Waals surface area contributed by atoms with Crippen molar-refractivity contribution in [3.63, 3.8) is 0 Å². The normalized spacial score (nSPS) is 13.3. The van der Waals surface area contributed by atoms with Gasteiger partial charge in [0.15, 0.2) is 0 Å². The highest BCUT2D eigenvalue weighted by Crippen LogP contribution is 2.26. The van der Waals surface area contributed by atoms with E-state index in [1.54, 1.807) is 29.6 Å². The molecule has 0 bridgehead atoms. The monoisotopic (exact) mass is 428 g/mol. The molecule has 3 aromatic carbocycles. The highest BCUT2D eigenvalue weighted by atomic mass is 16.5. The van der Waals surface area contributed by atoms with Gasteiger partial charge in [-0.05, 0) is 59.0 Å². The lowest BCUT2D eigenvalue weighted by Gasteiger charge is -2.30. The summed E-state index contributed by atoms with van der Waals surface area (Å²) in [5.74, 6) is 0.111. The minimum atomic E-state index is -0.569. The highest BCUT2D eigenvalue weighted by molar-refractivity contribution is 6.24. The van der Waals surface area contributed by atoms with Crippen molar-refractivity contribution in [2.75, 3.05) is 13.7 Å². The van der Waals surface area contributed by atoms with Crippen LogP contribution in [0.1, 0.15) is 32.6 Å². The summed E-state index contributed by atoms with van der Waals surface area (Å²) in [6.45, 7) is 0.984. The average molecular weight is 428 g/mol. The van der Waals surface area contributed by atoms with Gasteiger partial charge in [-0.25, -0.2) is 5.48 Å². The van der Waals surface area contributed by atoms with Gasteiger partial charge in [0.2, 0.25) is 0 Å². The van der Waals surface area contributed by atoms with Gasteiger partial charge in [0.1, 0.15) is 5.75 Å². The van der Waals surface area contributed by atoms with Crippen molar-refractivity contribution in [1.82, 2.24) is 10.4 Å². The number of methoxy groups -OCH3 is 1. The summed E-state index contributed by atoms with van der Waals surface area (Å²) in [6, 6.07) is 22.5. The van der Waals surface area contributed by atoms with E-state index in [9.17, 15) is 9.59 Å². The quantitative estimate of drug-likeness (QED) is 0.279. The molecule has 162 valence electrons. The van der Waals surface area contributed by atoms with Crippen molar-refractivity contribution < 1.29 is 19.5 Å². The van der Waals surface area contributed by atoms with Gasteiger partial charge in [-0.2, -0.15) is 0 Å². The number of benzene rings is 3. The first-order chi connectivity index (χ1) is 15.6. The Kier molecular flexibility index (Phi) is 6.33. The van der Waals surface area contributed by atoms with E-state index < -0.39 is 5.91 Å². The lowest BCUT2D eigenvalue weighted by molar-refractivity contribution is -0.125. The van der Waals surface area contributed by atoms with Gasteiger partial charge in [0.25, 0.3) is 11.8 Å². The number of carbonyl (C=O) groups is 2. The summed E-state index contributed by atoms with van der Waals surface area (Å²) in [7, 11) is 1.62. The SMILES string of the molecule is COc1ccc(/C=C(/C(=O)N2CCc3ccc(C(=O)NO)cc3C2)c2ccccc2)cc1. The van der Waals surface area contributed by atoms with E-state index in [2.05, 4.69) is 0 Å². The number of rotatable bonds is 5. The first-order valence-corrected chi connectivity index (χ1v) is 10.4. The molecule has 1 aliphatic heterocycles. The van der Waals surface area contributed by atoms with E-state index in [1.165, 1.54) is 0 Å². The summed E-state index contributed by atoms with van der Waals surface area (Å²) >= 11 is 0. The lowest BCUT2D eigenvalue weighted by atomic mass is 9.95. The topological polar surface area (TPSA) is 78.9 Å². The molecule has 1 heterocycles. The largest absolute Gasteiger partial charge is 0.497 e. The molecule has 0 atom stereocenters. The number of nitrogens with zero attached hydrogens (tertiary/aromatic N) is 1. The standard InChI is InChI=1S/C26H24N2O4/c1-32-23-11-7-18(8-12-23)15-24(20-5-3-2-4-6-20)26(30)28-14-13-19-9-10-21(25(29)27-31)16-22(19)17-28/h2-12,15-16,31H,13-14,17H2,1H3,(H,27,29)/b24-15+. The number of carbonyl (C=O) groups excluding carboxylic acids is 2. The summed E-state index contributed by atoms with van der Waals surface area (Å²) < 4.78 is 5.23. The van der Waals surface area contributed by atoms with Crippen molar-refractivity contribution in [1.29, 1.82) is 0 Å². The third-order valence-electron chi connectivity index (χ3n) is 5.61. The number of hydrogen-bond acceptors (Lipinski definition) is 4. The predicted octanol–water partition coefficient (Wildman–Crippen LogP) is 3.94. The molecule has 6 nitrogen and oxygen atoms in total. The molecule has 32 heavy (non-hydrogen) atoms. The van der Waals surface area contributed by atoms with Crippen molar-refractivity contribution in [2.45, 2.75) is 13.0 Å². The second-order valence-electron chi connectivity index (χ2n) is 7.60. The zero-order valence-electron chi connectivity index (χ0n) is 17.7. The molecule has 0 aromatic heterocycles. The Morgan fingerprint density at radius 2 is 1.72 bits per heavy atom. The molecule has 2 N–H and O–H groups in total. The molecule has 0 saturated carbocycles. The third kappa shape index (κ3) is 4.55. The zero-order valence-corrected chi connectivity index (χ0v) is 17.7. The third-order valence-corrected chi connectivity index (χ3v) is 5.61. The van der Waals surface area contributed by atoms with Crippen LogP contribution in [-0.4, -0.2) is 35.6 Å². The molecule has 2 amide bonds. The Morgan fingerprint density at radius 1 is 0.969 bits per heavy atom. The molecular weight excluding hydrogens is 404 g/mol. The van der Waals surface area contributed by atoms with E-state index in [0.29, 0.717) is 30.6 Å². The van der Waals surface area contributed by atoms with Crippen molar-refractivity contribution in [3.8, 4) is 5.75 Å². The van der Waals surface area contributed by atoms with Crippen LogP contribution in [0, 0.1) is 0 Å². The molecule has 6 heteroatoms. The van der Waals surface area contributed by atoms with Gasteiger partial charge in [0, 0.05) is 24.2 Å². The zero-order chi connectivity index (χ0) is 22.5. The minimum absolute atomic E-state index is 0.0744. The van der Waals surface area contributed by atoms with Crippen LogP contribution in [-0.2, 0) is 17.8 Å². The second kappa shape index (κ2) is 9.49. The van der Waals surface area contributed by atoms with Crippen LogP contribution in [0.25, 0.3) is 11.6 Å². The molecule has 0 radical (unpaired) electrons. The summed E-state index contributed by atoms with van der Waals surface area (Å²) in [6.07, 6.45) is 2.59. The Hall–Kier alpha value is -3.90. The van der Waals surface area contributed by atoms with E-state index in [1.807, 2.05) is 66.7 Å². The maximum absolute atomic E-state index is 13.6. The Labute approximate surface area is 186 Å². The van der Waals surface area contributed by atoms with Gasteiger partial charge in [-0.3, -0.25) is 14.8 Å². The number of ether oxygens (including phenoxy) is 1. The Balaban J connectivity index is 1.66. The first kappa shape index (κ1) is 21.3. The maximum atomic E-state index is 13.6. The highest BCUT2D eigenvalue weighted by Gasteiger charge is 2.25. The molecule has 0 saturated heterocycles. The number of fused-ring (bicyclic) bond motifs is 1. The van der Waals surface area contributed by atoms with E-state index in [4.69, 9.17) is 9.94 Å². The number of nitrogens with one attached hydrogen (secondary N) is 1. The smallest absolute Gasteiger partial charge is 0.274 e. The summed E-state index contributed by atoms with van der Waals surface area (Å²) in [4.78, 5) is 27.2. The van der Waals surface area contributed by atoms with Gasteiger partial charge < -0.3 is 9.64 Å². The summed E-state index contributed by atoms with van der Waals surface area (Å²) in [5.41, 5.74) is 6.37. The molecular formula is C26H24N2O4. The molecule has 4 rings (SSSR count). The fraction of sp³-hybridized carbons (Fsp3) is 0.154. The van der Waals surface area contributed by atoms with Crippen LogP contribution >= 0.6 is 0 Å². The van der Waals surface area contributed by atoms with Crippen molar-refractivity contribution in [3.05, 3.63) is 101 Å². The van der Waals surface area contributed by atoms with Crippen LogP contribution in [0.3, 0.4) is 0 Å². The molecule has 1 aliphatic rings. The molecule has 0 aliphatic carbocycles. The van der Waals surface area contributed by atoms with Gasteiger partial charge in [-0.1, -0.05) is 48.5 Å². The van der Waals surface area contributed by atoms with Crippen LogP contribution in [0.5, 0.6) is 5.75 Å². The van der Waals surface area contributed by atoms with E-state index in [0.717, 1.165) is 28.0 Å². The van der Waals surface area contributed by atoms with Gasteiger partial charge >= 0.3 is 0 Å². The molecule has 3 aromatic rings. The second-order valence-corrected chi connectivity index (χ2v) is 7.60. The van der Waals surface area contributed by atoms with Crippen molar-refractivity contribution >= 4 is 23.5 Å².